The van der Waals surface area contributed by atoms with Gasteiger partial charge in [0.1, 0.15) is 0 Å². The number of halogens is 1. The van der Waals surface area contributed by atoms with Crippen LogP contribution in [-0.4, -0.2) is 17.3 Å². The molecule has 0 aliphatic heterocycles. The van der Waals surface area contributed by atoms with Gasteiger partial charge in [-0.2, -0.15) is 0 Å². The summed E-state index contributed by atoms with van der Waals surface area (Å²) < 4.78 is 5.02. The van der Waals surface area contributed by atoms with E-state index in [2.05, 4.69) is 10.2 Å². The second kappa shape index (κ2) is 2.68. The lowest BCUT2D eigenvalue weighted by Gasteiger charge is -1.93. The molecule has 0 saturated carbocycles. The summed E-state index contributed by atoms with van der Waals surface area (Å²) in [6.45, 7) is 0. The molecule has 0 amide bonds. The lowest BCUT2D eigenvalue weighted by atomic mass is 10.2. The van der Waals surface area contributed by atoms with E-state index in [0.29, 0.717) is 10.9 Å². The molecule has 2 rings (SSSR count). The molecule has 0 fully saturated rings. The Kier molecular flexibility index (Phi) is 1.66. The predicted molar refractivity (Wildman–Crippen MR) is 47.7 cm³/mol. The van der Waals surface area contributed by atoms with Gasteiger partial charge in [-0.15, -0.1) is 5.10 Å². The Morgan fingerprint density at radius 1 is 1.50 bits per heavy atom. The number of methoxy groups -OCH3 is 1. The minimum Gasteiger partial charge on any atom is -0.480 e. The first-order valence-corrected chi connectivity index (χ1v) is 3.86. The second-order valence-corrected chi connectivity index (χ2v) is 2.86. The quantitative estimate of drug-likeness (QED) is 0.735. The van der Waals surface area contributed by atoms with Crippen LogP contribution >= 0.6 is 11.6 Å². The highest BCUT2D eigenvalue weighted by Gasteiger charge is 2.04. The number of rotatable bonds is 1. The number of aromatic nitrogens is 2. The Balaban J connectivity index is 2.75. The number of H-pyrrole nitrogens is 1. The lowest BCUT2D eigenvalue weighted by Crippen LogP contribution is -1.81. The van der Waals surface area contributed by atoms with Crippen molar-refractivity contribution in [3.63, 3.8) is 0 Å². The average molecular weight is 183 g/mol. The van der Waals surface area contributed by atoms with Gasteiger partial charge in [0.15, 0.2) is 0 Å². The molecule has 0 saturated heterocycles. The fourth-order valence-electron chi connectivity index (χ4n) is 1.12. The maximum Gasteiger partial charge on any atom is 0.240 e. The molecule has 0 aliphatic rings. The molecule has 0 aliphatic carbocycles. The van der Waals surface area contributed by atoms with Crippen molar-refractivity contribution in [2.45, 2.75) is 0 Å². The zero-order valence-corrected chi connectivity index (χ0v) is 7.22. The van der Waals surface area contributed by atoms with E-state index in [1.807, 2.05) is 18.2 Å². The first-order valence-electron chi connectivity index (χ1n) is 3.49. The molecule has 1 aromatic heterocycles. The molecule has 0 unspecified atom stereocenters. The molecule has 62 valence electrons. The monoisotopic (exact) mass is 182 g/mol. The molecule has 0 bridgehead atoms. The van der Waals surface area contributed by atoms with Gasteiger partial charge in [0.25, 0.3) is 0 Å². The van der Waals surface area contributed by atoms with Gasteiger partial charge in [0, 0.05) is 5.02 Å². The van der Waals surface area contributed by atoms with Crippen LogP contribution in [-0.2, 0) is 0 Å². The Labute approximate surface area is 74.3 Å². The van der Waals surface area contributed by atoms with Gasteiger partial charge in [0.2, 0.25) is 5.88 Å². The van der Waals surface area contributed by atoms with Gasteiger partial charge in [-0.05, 0) is 18.2 Å². The van der Waals surface area contributed by atoms with Gasteiger partial charge in [0.05, 0.1) is 18.0 Å². The van der Waals surface area contributed by atoms with Crippen LogP contribution in [0.5, 0.6) is 5.88 Å². The number of aromatic amines is 1. The summed E-state index contributed by atoms with van der Waals surface area (Å²) in [5, 5.41) is 8.37. The largest absolute Gasteiger partial charge is 0.480 e. The van der Waals surface area contributed by atoms with E-state index < -0.39 is 0 Å². The fourth-order valence-corrected chi connectivity index (χ4v) is 1.29. The topological polar surface area (TPSA) is 37.9 Å². The van der Waals surface area contributed by atoms with Gasteiger partial charge in [-0.3, -0.25) is 5.10 Å². The Morgan fingerprint density at radius 3 is 3.08 bits per heavy atom. The maximum atomic E-state index is 5.81. The minimum absolute atomic E-state index is 0.576. The van der Waals surface area contributed by atoms with E-state index in [9.17, 15) is 0 Å². The first kappa shape index (κ1) is 7.43. The van der Waals surface area contributed by atoms with Crippen molar-refractivity contribution in [1.82, 2.24) is 10.2 Å². The molecule has 1 N–H and O–H groups in total. The van der Waals surface area contributed by atoms with Gasteiger partial charge in [-0.25, -0.2) is 0 Å². The van der Waals surface area contributed by atoms with Crippen molar-refractivity contribution in [2.75, 3.05) is 7.11 Å². The zero-order chi connectivity index (χ0) is 8.55. The third-order valence-corrected chi connectivity index (χ3v) is 1.92. The molecule has 0 spiro atoms. The normalized spacial score (nSPS) is 10.5. The van der Waals surface area contributed by atoms with Crippen LogP contribution in [0, 0.1) is 0 Å². The van der Waals surface area contributed by atoms with Crippen LogP contribution in [0.1, 0.15) is 0 Å². The third kappa shape index (κ3) is 1.02. The van der Waals surface area contributed by atoms with Crippen molar-refractivity contribution >= 4 is 22.5 Å². The predicted octanol–water partition coefficient (Wildman–Crippen LogP) is 2.22. The summed E-state index contributed by atoms with van der Waals surface area (Å²) in [5.41, 5.74) is 0.927. The maximum absolute atomic E-state index is 5.81. The summed E-state index contributed by atoms with van der Waals surface area (Å²) in [4.78, 5) is 0. The van der Waals surface area contributed by atoms with E-state index in [-0.39, 0.29) is 0 Å². The van der Waals surface area contributed by atoms with Crippen LogP contribution in [0.25, 0.3) is 10.9 Å². The standard InChI is InChI=1S/C8H7ClN2O/c1-12-8-6-4-5(9)2-3-7(6)10-11-8/h2-4H,1H3,(H,10,11). The number of nitrogens with one attached hydrogen (secondary N) is 1. The summed E-state index contributed by atoms with van der Waals surface area (Å²) in [6.07, 6.45) is 0. The highest BCUT2D eigenvalue weighted by Crippen LogP contribution is 2.24. The van der Waals surface area contributed by atoms with E-state index in [4.69, 9.17) is 16.3 Å². The SMILES string of the molecule is COc1n[nH]c2ccc(Cl)cc12. The number of nitrogens with zero attached hydrogens (tertiary/aromatic N) is 1. The smallest absolute Gasteiger partial charge is 0.240 e. The van der Waals surface area contributed by atoms with Crippen LogP contribution in [0.2, 0.25) is 5.02 Å². The number of hydrogen-bond donors (Lipinski definition) is 1. The van der Waals surface area contributed by atoms with Crippen molar-refractivity contribution in [3.05, 3.63) is 23.2 Å². The molecule has 3 nitrogen and oxygen atoms in total. The fraction of sp³-hybridized carbons (Fsp3) is 0.125. The van der Waals surface area contributed by atoms with Gasteiger partial charge in [-0.1, -0.05) is 11.6 Å². The molecule has 0 radical (unpaired) electrons. The molecule has 0 atom stereocenters. The van der Waals surface area contributed by atoms with E-state index in [1.165, 1.54) is 0 Å². The van der Waals surface area contributed by atoms with Crippen LogP contribution in [0.3, 0.4) is 0 Å². The van der Waals surface area contributed by atoms with Crippen LogP contribution in [0.15, 0.2) is 18.2 Å². The number of fused-ring (bicyclic) bond motifs is 1. The van der Waals surface area contributed by atoms with Crippen molar-refractivity contribution in [1.29, 1.82) is 0 Å². The molecule has 4 heteroatoms. The van der Waals surface area contributed by atoms with Gasteiger partial charge < -0.3 is 4.74 Å². The lowest BCUT2D eigenvalue weighted by molar-refractivity contribution is 0.401. The van der Waals surface area contributed by atoms with E-state index in [0.717, 1.165) is 10.9 Å². The number of ether oxygens (including phenoxy) is 1. The molecule has 2 aromatic rings. The number of benzene rings is 1. The third-order valence-electron chi connectivity index (χ3n) is 1.68. The van der Waals surface area contributed by atoms with Crippen molar-refractivity contribution in [2.24, 2.45) is 0 Å². The molecule has 1 aromatic carbocycles. The Hall–Kier alpha value is -1.22. The summed E-state index contributed by atoms with van der Waals surface area (Å²) >= 11 is 5.81. The zero-order valence-electron chi connectivity index (χ0n) is 6.47. The van der Waals surface area contributed by atoms with Crippen LogP contribution in [0.4, 0.5) is 0 Å². The molecular weight excluding hydrogens is 176 g/mol. The Morgan fingerprint density at radius 2 is 2.33 bits per heavy atom. The first-order chi connectivity index (χ1) is 5.81. The van der Waals surface area contributed by atoms with E-state index >= 15 is 0 Å². The van der Waals surface area contributed by atoms with Crippen molar-refractivity contribution < 1.29 is 4.74 Å². The molecule has 1 heterocycles. The molecular formula is C8H7ClN2O. The highest BCUT2D eigenvalue weighted by atomic mass is 35.5. The van der Waals surface area contributed by atoms with E-state index in [1.54, 1.807) is 7.11 Å². The average Bonchev–Trinajstić information content (AvgIpc) is 2.46. The highest BCUT2D eigenvalue weighted by molar-refractivity contribution is 6.31. The second-order valence-electron chi connectivity index (χ2n) is 2.42. The summed E-state index contributed by atoms with van der Waals surface area (Å²) in [5.74, 6) is 0.576. The number of hydrogen-bond acceptors (Lipinski definition) is 2. The van der Waals surface area contributed by atoms with Gasteiger partial charge >= 0.3 is 0 Å². The molecule has 12 heavy (non-hydrogen) atoms. The van der Waals surface area contributed by atoms with Crippen molar-refractivity contribution in [3.8, 4) is 5.88 Å². The minimum atomic E-state index is 0.576. The Bertz CT molecular complexity index is 410. The van der Waals surface area contributed by atoms with Crippen LogP contribution < -0.4 is 4.74 Å². The summed E-state index contributed by atoms with van der Waals surface area (Å²) in [6, 6.07) is 5.49. The summed E-state index contributed by atoms with van der Waals surface area (Å²) in [7, 11) is 1.58.